The van der Waals surface area contributed by atoms with Gasteiger partial charge in [-0.15, -0.1) is 0 Å². The standard InChI is InChI=1S/C26H25Cl2FN2O3/c1-33-25-10-5-18(15-19(25)17-34-21-8-6-20(27)7-9-21)26(32)31-13-11-30(12-14-31)16-22-23(28)3-2-4-24(22)29/h2-10,15H,11-14,16-17H2,1H3. The first-order valence-corrected chi connectivity index (χ1v) is 11.7. The Labute approximate surface area is 208 Å². The topological polar surface area (TPSA) is 42.0 Å². The molecule has 4 rings (SSSR count). The molecular weight excluding hydrogens is 478 g/mol. The highest BCUT2D eigenvalue weighted by atomic mass is 35.5. The zero-order valence-corrected chi connectivity index (χ0v) is 20.3. The second-order valence-electron chi connectivity index (χ2n) is 8.04. The first-order valence-electron chi connectivity index (χ1n) is 10.9. The molecular formula is C26H25Cl2FN2O3. The number of hydrogen-bond donors (Lipinski definition) is 0. The third-order valence-electron chi connectivity index (χ3n) is 5.84. The smallest absolute Gasteiger partial charge is 0.253 e. The van der Waals surface area contributed by atoms with E-state index in [0.717, 1.165) is 5.56 Å². The monoisotopic (exact) mass is 502 g/mol. The third-order valence-corrected chi connectivity index (χ3v) is 6.44. The highest BCUT2D eigenvalue weighted by molar-refractivity contribution is 6.31. The van der Waals surface area contributed by atoms with Crippen LogP contribution in [0.15, 0.2) is 60.7 Å². The maximum Gasteiger partial charge on any atom is 0.253 e. The summed E-state index contributed by atoms with van der Waals surface area (Å²) in [5.41, 5.74) is 1.83. The summed E-state index contributed by atoms with van der Waals surface area (Å²) < 4.78 is 25.4. The van der Waals surface area contributed by atoms with E-state index in [1.165, 1.54) is 6.07 Å². The Hall–Kier alpha value is -2.80. The van der Waals surface area contributed by atoms with Crippen LogP contribution in [0.2, 0.25) is 10.0 Å². The van der Waals surface area contributed by atoms with Gasteiger partial charge < -0.3 is 14.4 Å². The predicted octanol–water partition coefficient (Wildman–Crippen LogP) is 5.68. The van der Waals surface area contributed by atoms with E-state index in [2.05, 4.69) is 4.90 Å². The van der Waals surface area contributed by atoms with Crippen LogP contribution in [0.5, 0.6) is 11.5 Å². The normalized spacial score (nSPS) is 14.2. The molecule has 34 heavy (non-hydrogen) atoms. The molecule has 0 unspecified atom stereocenters. The minimum Gasteiger partial charge on any atom is -0.496 e. The van der Waals surface area contributed by atoms with Crippen molar-refractivity contribution in [2.75, 3.05) is 33.3 Å². The van der Waals surface area contributed by atoms with Crippen molar-refractivity contribution in [1.82, 2.24) is 9.80 Å². The Morgan fingerprint density at radius 3 is 2.41 bits per heavy atom. The molecule has 1 saturated heterocycles. The fourth-order valence-electron chi connectivity index (χ4n) is 3.91. The summed E-state index contributed by atoms with van der Waals surface area (Å²) in [7, 11) is 1.59. The largest absolute Gasteiger partial charge is 0.496 e. The molecule has 3 aromatic carbocycles. The number of halogens is 3. The predicted molar refractivity (Wildman–Crippen MR) is 131 cm³/mol. The number of hydrogen-bond acceptors (Lipinski definition) is 4. The van der Waals surface area contributed by atoms with E-state index in [9.17, 15) is 9.18 Å². The minimum atomic E-state index is -0.308. The van der Waals surface area contributed by atoms with E-state index in [4.69, 9.17) is 32.7 Å². The maximum atomic E-state index is 14.1. The Balaban J connectivity index is 1.39. The Morgan fingerprint density at radius 1 is 1.00 bits per heavy atom. The number of carbonyl (C=O) groups is 1. The molecule has 1 aliphatic rings. The van der Waals surface area contributed by atoms with Crippen LogP contribution in [0.25, 0.3) is 0 Å². The number of carbonyl (C=O) groups excluding carboxylic acids is 1. The van der Waals surface area contributed by atoms with Crippen molar-refractivity contribution in [1.29, 1.82) is 0 Å². The molecule has 0 saturated carbocycles. The van der Waals surface area contributed by atoms with Crippen LogP contribution in [-0.2, 0) is 13.2 Å². The third kappa shape index (κ3) is 5.81. The van der Waals surface area contributed by atoms with Crippen molar-refractivity contribution < 1.29 is 18.7 Å². The van der Waals surface area contributed by atoms with Gasteiger partial charge in [0.2, 0.25) is 0 Å². The molecule has 0 N–H and O–H groups in total. The number of nitrogens with zero attached hydrogens (tertiary/aromatic N) is 2. The molecule has 1 heterocycles. The van der Waals surface area contributed by atoms with Crippen LogP contribution < -0.4 is 9.47 Å². The van der Waals surface area contributed by atoms with Crippen LogP contribution in [-0.4, -0.2) is 49.0 Å². The van der Waals surface area contributed by atoms with E-state index < -0.39 is 0 Å². The summed E-state index contributed by atoms with van der Waals surface area (Å²) in [6.45, 7) is 3.05. The maximum absolute atomic E-state index is 14.1. The summed E-state index contributed by atoms with van der Waals surface area (Å²) >= 11 is 12.1. The summed E-state index contributed by atoms with van der Waals surface area (Å²) in [5.74, 6) is 0.961. The Morgan fingerprint density at radius 2 is 1.74 bits per heavy atom. The highest BCUT2D eigenvalue weighted by Gasteiger charge is 2.24. The fourth-order valence-corrected chi connectivity index (χ4v) is 4.26. The SMILES string of the molecule is COc1ccc(C(=O)N2CCN(Cc3c(F)cccc3Cl)CC2)cc1COc1ccc(Cl)cc1. The van der Waals surface area contributed by atoms with Crippen molar-refractivity contribution in [2.45, 2.75) is 13.2 Å². The molecule has 0 aliphatic carbocycles. The summed E-state index contributed by atoms with van der Waals surface area (Å²) in [6.07, 6.45) is 0. The molecule has 8 heteroatoms. The van der Waals surface area contributed by atoms with Crippen molar-refractivity contribution in [3.63, 3.8) is 0 Å². The van der Waals surface area contributed by atoms with Gasteiger partial charge in [0.15, 0.2) is 0 Å². The van der Waals surface area contributed by atoms with Gasteiger partial charge in [-0.2, -0.15) is 0 Å². The van der Waals surface area contributed by atoms with Crippen molar-refractivity contribution in [3.05, 3.63) is 93.2 Å². The lowest BCUT2D eigenvalue weighted by Gasteiger charge is -2.35. The fraction of sp³-hybridized carbons (Fsp3) is 0.269. The first kappa shape index (κ1) is 24.3. The minimum absolute atomic E-state index is 0.0565. The summed E-state index contributed by atoms with van der Waals surface area (Å²) in [5, 5.41) is 1.06. The van der Waals surface area contributed by atoms with E-state index in [1.54, 1.807) is 55.6 Å². The van der Waals surface area contributed by atoms with Gasteiger partial charge in [-0.25, -0.2) is 4.39 Å². The molecule has 0 bridgehead atoms. The first-order chi connectivity index (χ1) is 16.4. The van der Waals surface area contributed by atoms with Crippen molar-refractivity contribution >= 4 is 29.1 Å². The number of rotatable bonds is 7. The lowest BCUT2D eigenvalue weighted by Crippen LogP contribution is -2.48. The molecule has 5 nitrogen and oxygen atoms in total. The van der Waals surface area contributed by atoms with Crippen molar-refractivity contribution in [3.8, 4) is 11.5 Å². The molecule has 0 radical (unpaired) electrons. The van der Waals surface area contributed by atoms with Gasteiger partial charge in [-0.3, -0.25) is 9.69 Å². The van der Waals surface area contributed by atoms with Gasteiger partial charge in [-0.05, 0) is 54.6 Å². The molecule has 1 aliphatic heterocycles. The van der Waals surface area contributed by atoms with Gasteiger partial charge in [0, 0.05) is 59.5 Å². The number of ether oxygens (including phenoxy) is 2. The van der Waals surface area contributed by atoms with Crippen LogP contribution in [0.1, 0.15) is 21.5 Å². The van der Waals surface area contributed by atoms with Gasteiger partial charge in [0.1, 0.15) is 23.9 Å². The average Bonchev–Trinajstić information content (AvgIpc) is 2.86. The van der Waals surface area contributed by atoms with Crippen LogP contribution in [0, 0.1) is 5.82 Å². The second kappa shape index (κ2) is 11.1. The zero-order valence-electron chi connectivity index (χ0n) is 18.8. The van der Waals surface area contributed by atoms with Crippen LogP contribution in [0.4, 0.5) is 4.39 Å². The zero-order chi connectivity index (χ0) is 24.1. The molecule has 1 amide bonds. The van der Waals surface area contributed by atoms with Gasteiger partial charge in [0.05, 0.1) is 7.11 Å². The molecule has 0 aromatic heterocycles. The molecule has 0 spiro atoms. The Bertz CT molecular complexity index is 1130. The number of piperazine rings is 1. The van der Waals surface area contributed by atoms with Crippen molar-refractivity contribution in [2.24, 2.45) is 0 Å². The lowest BCUT2D eigenvalue weighted by atomic mass is 10.1. The number of amides is 1. The average molecular weight is 503 g/mol. The molecule has 3 aromatic rings. The van der Waals surface area contributed by atoms with E-state index in [0.29, 0.717) is 65.4 Å². The lowest BCUT2D eigenvalue weighted by molar-refractivity contribution is 0.0627. The molecule has 0 atom stereocenters. The summed E-state index contributed by atoms with van der Waals surface area (Å²) in [4.78, 5) is 17.1. The van der Waals surface area contributed by atoms with E-state index >= 15 is 0 Å². The summed E-state index contributed by atoms with van der Waals surface area (Å²) in [6, 6.07) is 17.2. The number of methoxy groups -OCH3 is 1. The quantitative estimate of drug-likeness (QED) is 0.416. The number of benzene rings is 3. The van der Waals surface area contributed by atoms with Crippen LogP contribution in [0.3, 0.4) is 0 Å². The van der Waals surface area contributed by atoms with Gasteiger partial charge >= 0.3 is 0 Å². The van der Waals surface area contributed by atoms with Gasteiger partial charge in [0.25, 0.3) is 5.91 Å². The molecule has 1 fully saturated rings. The second-order valence-corrected chi connectivity index (χ2v) is 8.88. The van der Waals surface area contributed by atoms with E-state index in [-0.39, 0.29) is 18.3 Å². The van der Waals surface area contributed by atoms with E-state index in [1.807, 2.05) is 11.0 Å². The Kier molecular flexibility index (Phi) is 7.93. The molecule has 178 valence electrons. The highest BCUT2D eigenvalue weighted by Crippen LogP contribution is 2.25. The van der Waals surface area contributed by atoms with Crippen LogP contribution >= 0.6 is 23.2 Å². The van der Waals surface area contributed by atoms with Gasteiger partial charge in [-0.1, -0.05) is 29.3 Å².